The number of nitriles is 1. The molecular weight excluding hydrogens is 403 g/mol. The quantitative estimate of drug-likeness (QED) is 0.334. The summed E-state index contributed by atoms with van der Waals surface area (Å²) in [6, 6.07) is 17.0. The summed E-state index contributed by atoms with van der Waals surface area (Å²) in [5, 5.41) is 9.87. The average molecular weight is 416 g/mol. The number of hydrogen-bond donors (Lipinski definition) is 0. The number of nitrogens with zero attached hydrogens (tertiary/aromatic N) is 1. The Kier molecular flexibility index (Phi) is 6.30. The van der Waals surface area contributed by atoms with Crippen LogP contribution in [0.25, 0.3) is 11.6 Å². The molecule has 3 rings (SSSR count). The zero-order valence-electron chi connectivity index (χ0n) is 14.4. The SMILES string of the molecule is N#C/C(=C/c1cc(Cl)c(OCc2ccc(F)cc2)c(Cl)c1)c1ccccc1F. The van der Waals surface area contributed by atoms with E-state index in [1.165, 1.54) is 30.3 Å². The van der Waals surface area contributed by atoms with E-state index in [4.69, 9.17) is 27.9 Å². The third-order valence-electron chi connectivity index (χ3n) is 3.91. The molecule has 0 amide bonds. The van der Waals surface area contributed by atoms with Crippen LogP contribution < -0.4 is 4.74 Å². The van der Waals surface area contributed by atoms with Gasteiger partial charge in [0.05, 0.1) is 21.7 Å². The van der Waals surface area contributed by atoms with Gasteiger partial charge in [0.1, 0.15) is 18.2 Å². The van der Waals surface area contributed by atoms with Crippen molar-refractivity contribution in [3.8, 4) is 11.8 Å². The highest BCUT2D eigenvalue weighted by Crippen LogP contribution is 2.36. The van der Waals surface area contributed by atoms with Crippen LogP contribution in [0.5, 0.6) is 5.75 Å². The van der Waals surface area contributed by atoms with Crippen LogP contribution in [0.1, 0.15) is 16.7 Å². The second kappa shape index (κ2) is 8.88. The number of halogens is 4. The van der Waals surface area contributed by atoms with Crippen LogP contribution in [0.3, 0.4) is 0 Å². The normalized spacial score (nSPS) is 11.2. The van der Waals surface area contributed by atoms with E-state index in [9.17, 15) is 14.0 Å². The van der Waals surface area contributed by atoms with Crippen molar-refractivity contribution in [3.63, 3.8) is 0 Å². The molecular formula is C22H13Cl2F2NO. The zero-order chi connectivity index (χ0) is 20.1. The highest BCUT2D eigenvalue weighted by atomic mass is 35.5. The number of allylic oxidation sites excluding steroid dienone is 1. The smallest absolute Gasteiger partial charge is 0.157 e. The predicted octanol–water partition coefficient (Wildman–Crippen LogP) is 6.91. The molecule has 0 fully saturated rings. The number of benzene rings is 3. The van der Waals surface area contributed by atoms with Crippen LogP contribution in [-0.2, 0) is 6.61 Å². The summed E-state index contributed by atoms with van der Waals surface area (Å²) in [5.41, 5.74) is 1.62. The summed E-state index contributed by atoms with van der Waals surface area (Å²) in [7, 11) is 0. The third-order valence-corrected chi connectivity index (χ3v) is 4.47. The largest absolute Gasteiger partial charge is 0.486 e. The Balaban J connectivity index is 1.86. The van der Waals surface area contributed by atoms with E-state index in [0.29, 0.717) is 5.56 Å². The standard InChI is InChI=1S/C22H13Cl2F2NO/c23-19-10-15(9-16(12-27)18-3-1-2-4-21(18)26)11-20(24)22(19)28-13-14-5-7-17(25)8-6-14/h1-11H,13H2/b16-9-. The molecule has 28 heavy (non-hydrogen) atoms. The molecule has 2 nitrogen and oxygen atoms in total. The topological polar surface area (TPSA) is 33.0 Å². The summed E-state index contributed by atoms with van der Waals surface area (Å²) < 4.78 is 32.6. The van der Waals surface area contributed by atoms with Crippen LogP contribution in [0.4, 0.5) is 8.78 Å². The maximum Gasteiger partial charge on any atom is 0.157 e. The van der Waals surface area contributed by atoms with Gasteiger partial charge in [0.2, 0.25) is 0 Å². The fraction of sp³-hybridized carbons (Fsp3) is 0.0455. The minimum Gasteiger partial charge on any atom is -0.486 e. The molecule has 0 unspecified atom stereocenters. The fourth-order valence-corrected chi connectivity index (χ4v) is 3.17. The molecule has 0 atom stereocenters. The maximum atomic E-state index is 14.0. The molecule has 0 aromatic heterocycles. The molecule has 0 radical (unpaired) electrons. The van der Waals surface area contributed by atoms with Crippen molar-refractivity contribution >= 4 is 34.9 Å². The minimum atomic E-state index is -0.494. The van der Waals surface area contributed by atoms with E-state index < -0.39 is 5.82 Å². The van der Waals surface area contributed by atoms with Gasteiger partial charge in [-0.1, -0.05) is 53.5 Å². The summed E-state index contributed by atoms with van der Waals surface area (Å²) in [4.78, 5) is 0. The second-order valence-electron chi connectivity index (χ2n) is 5.88. The molecule has 0 N–H and O–H groups in total. The van der Waals surface area contributed by atoms with Crippen LogP contribution in [-0.4, -0.2) is 0 Å². The molecule has 6 heteroatoms. The highest BCUT2D eigenvalue weighted by Gasteiger charge is 2.12. The van der Waals surface area contributed by atoms with Gasteiger partial charge in [0.25, 0.3) is 0 Å². The zero-order valence-corrected chi connectivity index (χ0v) is 15.9. The molecule has 0 aliphatic carbocycles. The Labute approximate surface area is 171 Å². The van der Waals surface area contributed by atoms with Crippen molar-refractivity contribution in [2.45, 2.75) is 6.61 Å². The summed E-state index contributed by atoms with van der Waals surface area (Å²) in [5.74, 6) is -0.556. The molecule has 0 spiro atoms. The lowest BCUT2D eigenvalue weighted by atomic mass is 10.0. The maximum absolute atomic E-state index is 14.0. The van der Waals surface area contributed by atoms with Gasteiger partial charge in [0.15, 0.2) is 5.75 Å². The third kappa shape index (κ3) is 4.69. The van der Waals surface area contributed by atoms with E-state index in [-0.39, 0.29) is 39.4 Å². The molecule has 0 saturated carbocycles. The Morgan fingerprint density at radius 1 is 1.00 bits per heavy atom. The van der Waals surface area contributed by atoms with Crippen LogP contribution in [0, 0.1) is 23.0 Å². The predicted molar refractivity (Wildman–Crippen MR) is 107 cm³/mol. The van der Waals surface area contributed by atoms with Crippen molar-refractivity contribution in [2.75, 3.05) is 0 Å². The van der Waals surface area contributed by atoms with E-state index >= 15 is 0 Å². The second-order valence-corrected chi connectivity index (χ2v) is 6.69. The van der Waals surface area contributed by atoms with Gasteiger partial charge in [-0.3, -0.25) is 0 Å². The lowest BCUT2D eigenvalue weighted by Crippen LogP contribution is -1.97. The number of rotatable bonds is 5. The molecule has 0 bridgehead atoms. The van der Waals surface area contributed by atoms with Crippen molar-refractivity contribution in [3.05, 3.63) is 99.0 Å². The number of ether oxygens (including phenoxy) is 1. The van der Waals surface area contributed by atoms with Gasteiger partial charge in [-0.25, -0.2) is 8.78 Å². The Bertz CT molecular complexity index is 1050. The Morgan fingerprint density at radius 3 is 2.25 bits per heavy atom. The summed E-state index contributed by atoms with van der Waals surface area (Å²) in [6.45, 7) is 0.160. The van der Waals surface area contributed by atoms with Gasteiger partial charge in [0, 0.05) is 5.56 Å². The average Bonchev–Trinajstić information content (AvgIpc) is 2.67. The van der Waals surface area contributed by atoms with E-state index in [1.54, 1.807) is 36.4 Å². The van der Waals surface area contributed by atoms with Gasteiger partial charge in [-0.05, 0) is 47.5 Å². The lowest BCUT2D eigenvalue weighted by molar-refractivity contribution is 0.306. The van der Waals surface area contributed by atoms with Gasteiger partial charge in [-0.2, -0.15) is 5.26 Å². The van der Waals surface area contributed by atoms with Gasteiger partial charge < -0.3 is 4.74 Å². The molecule has 3 aromatic rings. The Hall–Kier alpha value is -2.87. The highest BCUT2D eigenvalue weighted by molar-refractivity contribution is 6.37. The molecule has 140 valence electrons. The molecule has 0 saturated heterocycles. The van der Waals surface area contributed by atoms with Crippen molar-refractivity contribution < 1.29 is 13.5 Å². The van der Waals surface area contributed by atoms with Crippen molar-refractivity contribution in [1.82, 2.24) is 0 Å². The van der Waals surface area contributed by atoms with E-state index in [1.807, 2.05) is 6.07 Å². The van der Waals surface area contributed by atoms with E-state index in [2.05, 4.69) is 0 Å². The van der Waals surface area contributed by atoms with Crippen molar-refractivity contribution in [2.24, 2.45) is 0 Å². The Morgan fingerprint density at radius 2 is 1.64 bits per heavy atom. The fourth-order valence-electron chi connectivity index (χ4n) is 2.55. The first-order valence-corrected chi connectivity index (χ1v) is 8.96. The lowest BCUT2D eigenvalue weighted by Gasteiger charge is -2.11. The summed E-state index contributed by atoms with van der Waals surface area (Å²) in [6.07, 6.45) is 1.50. The molecule has 0 aliphatic rings. The molecule has 0 heterocycles. The van der Waals surface area contributed by atoms with Crippen LogP contribution in [0.2, 0.25) is 10.0 Å². The molecule has 0 aliphatic heterocycles. The van der Waals surface area contributed by atoms with Crippen molar-refractivity contribution in [1.29, 1.82) is 5.26 Å². The first-order valence-electron chi connectivity index (χ1n) is 8.21. The monoisotopic (exact) mass is 415 g/mol. The van der Waals surface area contributed by atoms with Crippen LogP contribution >= 0.6 is 23.2 Å². The first kappa shape index (κ1) is 19.9. The summed E-state index contributed by atoms with van der Waals surface area (Å²) >= 11 is 12.5. The molecule has 3 aromatic carbocycles. The van der Waals surface area contributed by atoms with Gasteiger partial charge in [-0.15, -0.1) is 0 Å². The van der Waals surface area contributed by atoms with E-state index in [0.717, 1.165) is 5.56 Å². The van der Waals surface area contributed by atoms with Crippen LogP contribution in [0.15, 0.2) is 60.7 Å². The first-order chi connectivity index (χ1) is 13.5. The minimum absolute atomic E-state index is 0.144. The van der Waals surface area contributed by atoms with Gasteiger partial charge >= 0.3 is 0 Å². The number of hydrogen-bond acceptors (Lipinski definition) is 2.